The van der Waals surface area contributed by atoms with Gasteiger partial charge in [0.15, 0.2) is 0 Å². The van der Waals surface area contributed by atoms with Gasteiger partial charge in [-0.1, -0.05) is 13.8 Å². The Morgan fingerprint density at radius 2 is 1.74 bits per heavy atom. The van der Waals surface area contributed by atoms with Crippen molar-refractivity contribution < 1.29 is 0 Å². The average molecular weight is 260 g/mol. The summed E-state index contributed by atoms with van der Waals surface area (Å²) in [5.74, 6) is 0.970. The van der Waals surface area contributed by atoms with E-state index in [9.17, 15) is 0 Å². The molecule has 4 bridgehead atoms. The standard InChI is InChI=1S/C17H28N2/c1-15-8-14-9-16(2,11-15)13-17(10-14,12-15)19-7-5-3-4-6-18/h14,19H,3-5,7-13H2,1-2H3. The molecule has 0 spiro atoms. The Kier molecular flexibility index (Phi) is 3.17. The van der Waals surface area contributed by atoms with Crippen LogP contribution in [0, 0.1) is 28.1 Å². The van der Waals surface area contributed by atoms with E-state index < -0.39 is 0 Å². The Bertz CT molecular complexity index is 377. The number of rotatable bonds is 5. The number of nitrogens with one attached hydrogen (secondary N) is 1. The summed E-state index contributed by atoms with van der Waals surface area (Å²) in [5, 5.41) is 12.5. The van der Waals surface area contributed by atoms with Gasteiger partial charge in [0.25, 0.3) is 0 Å². The maximum Gasteiger partial charge on any atom is 0.0621 e. The summed E-state index contributed by atoms with van der Waals surface area (Å²) < 4.78 is 0. The van der Waals surface area contributed by atoms with Gasteiger partial charge in [0.05, 0.1) is 6.07 Å². The molecule has 0 aromatic carbocycles. The minimum absolute atomic E-state index is 0.440. The monoisotopic (exact) mass is 260 g/mol. The molecular weight excluding hydrogens is 232 g/mol. The summed E-state index contributed by atoms with van der Waals surface area (Å²) in [6.45, 7) is 6.17. The van der Waals surface area contributed by atoms with Crippen molar-refractivity contribution >= 4 is 0 Å². The minimum atomic E-state index is 0.440. The fraction of sp³-hybridized carbons (Fsp3) is 0.941. The molecule has 1 N–H and O–H groups in total. The Morgan fingerprint density at radius 1 is 1.05 bits per heavy atom. The van der Waals surface area contributed by atoms with Gasteiger partial charge < -0.3 is 5.32 Å². The highest BCUT2D eigenvalue weighted by atomic mass is 15.0. The molecule has 2 atom stereocenters. The first-order valence-corrected chi connectivity index (χ1v) is 8.09. The van der Waals surface area contributed by atoms with Crippen molar-refractivity contribution in [2.75, 3.05) is 6.54 Å². The SMILES string of the molecule is CC12CC3CC(C)(C1)CC(NCCCCC#N)(C3)C2. The van der Waals surface area contributed by atoms with Gasteiger partial charge in [-0.25, -0.2) is 0 Å². The van der Waals surface area contributed by atoms with Crippen molar-refractivity contribution in [2.45, 2.75) is 77.2 Å². The number of nitriles is 1. The first-order chi connectivity index (χ1) is 8.97. The number of nitrogens with zero attached hydrogens (tertiary/aromatic N) is 1. The summed E-state index contributed by atoms with van der Waals surface area (Å²) in [5.41, 5.74) is 1.65. The van der Waals surface area contributed by atoms with E-state index in [1.165, 1.54) is 38.5 Å². The predicted molar refractivity (Wildman–Crippen MR) is 77.6 cm³/mol. The molecule has 0 saturated heterocycles. The fourth-order valence-electron chi connectivity index (χ4n) is 6.33. The highest BCUT2D eigenvalue weighted by Crippen LogP contribution is 2.66. The second-order valence-electron chi connectivity index (χ2n) is 8.45. The van der Waals surface area contributed by atoms with Gasteiger partial charge in [0, 0.05) is 12.0 Å². The summed E-state index contributed by atoms with van der Waals surface area (Å²) in [6, 6.07) is 2.25. The number of unbranched alkanes of at least 4 members (excludes halogenated alkanes) is 2. The molecule has 0 heterocycles. The van der Waals surface area contributed by atoms with Crippen LogP contribution in [0.15, 0.2) is 0 Å². The van der Waals surface area contributed by atoms with Gasteiger partial charge in [-0.2, -0.15) is 5.26 Å². The lowest BCUT2D eigenvalue weighted by Gasteiger charge is -2.65. The quantitative estimate of drug-likeness (QED) is 0.758. The second-order valence-corrected chi connectivity index (χ2v) is 8.45. The van der Waals surface area contributed by atoms with E-state index in [-0.39, 0.29) is 0 Å². The van der Waals surface area contributed by atoms with Crippen LogP contribution in [0.25, 0.3) is 0 Å². The van der Waals surface area contributed by atoms with Gasteiger partial charge in [-0.3, -0.25) is 0 Å². The molecule has 106 valence electrons. The van der Waals surface area contributed by atoms with Gasteiger partial charge in [0.2, 0.25) is 0 Å². The molecule has 0 radical (unpaired) electrons. The molecule has 2 heteroatoms. The zero-order valence-corrected chi connectivity index (χ0v) is 12.6. The molecular formula is C17H28N2. The van der Waals surface area contributed by atoms with E-state index >= 15 is 0 Å². The van der Waals surface area contributed by atoms with Gasteiger partial charge in [-0.05, 0) is 74.7 Å². The zero-order valence-electron chi connectivity index (χ0n) is 12.6. The van der Waals surface area contributed by atoms with E-state index in [0.29, 0.717) is 22.8 Å². The Hall–Kier alpha value is -0.550. The van der Waals surface area contributed by atoms with Crippen LogP contribution >= 0.6 is 0 Å². The third-order valence-electron chi connectivity index (χ3n) is 5.84. The van der Waals surface area contributed by atoms with Crippen molar-refractivity contribution in [3.05, 3.63) is 0 Å². The molecule has 4 saturated carbocycles. The van der Waals surface area contributed by atoms with E-state index in [4.69, 9.17) is 5.26 Å². The fourth-order valence-corrected chi connectivity index (χ4v) is 6.33. The lowest BCUT2D eigenvalue weighted by Crippen LogP contribution is -2.64. The van der Waals surface area contributed by atoms with Crippen molar-refractivity contribution in [3.63, 3.8) is 0 Å². The first kappa shape index (κ1) is 13.4. The van der Waals surface area contributed by atoms with Crippen LogP contribution < -0.4 is 5.32 Å². The maximum absolute atomic E-state index is 8.59. The largest absolute Gasteiger partial charge is 0.311 e. The van der Waals surface area contributed by atoms with Crippen LogP contribution in [0.4, 0.5) is 0 Å². The smallest absolute Gasteiger partial charge is 0.0621 e. The van der Waals surface area contributed by atoms with Crippen LogP contribution in [-0.4, -0.2) is 12.1 Å². The highest BCUT2D eigenvalue weighted by molar-refractivity contribution is 5.14. The topological polar surface area (TPSA) is 35.8 Å². The first-order valence-electron chi connectivity index (χ1n) is 8.09. The van der Waals surface area contributed by atoms with Crippen LogP contribution in [0.2, 0.25) is 0 Å². The number of hydrogen-bond acceptors (Lipinski definition) is 2. The minimum Gasteiger partial charge on any atom is -0.311 e. The van der Waals surface area contributed by atoms with Crippen molar-refractivity contribution in [2.24, 2.45) is 16.7 Å². The Morgan fingerprint density at radius 3 is 2.32 bits per heavy atom. The van der Waals surface area contributed by atoms with Gasteiger partial charge in [-0.15, -0.1) is 0 Å². The maximum atomic E-state index is 8.59. The zero-order chi connectivity index (χ0) is 13.6. The lowest BCUT2D eigenvalue weighted by atomic mass is 9.43. The van der Waals surface area contributed by atoms with E-state index in [0.717, 1.165) is 25.3 Å². The summed E-state index contributed by atoms with van der Waals surface area (Å²) >= 11 is 0. The normalized spacial score (nSPS) is 47.3. The molecule has 0 aromatic heterocycles. The highest BCUT2D eigenvalue weighted by Gasteiger charge is 2.59. The summed E-state index contributed by atoms with van der Waals surface area (Å²) in [4.78, 5) is 0. The lowest BCUT2D eigenvalue weighted by molar-refractivity contribution is -0.117. The van der Waals surface area contributed by atoms with Crippen molar-refractivity contribution in [1.82, 2.24) is 5.32 Å². The molecule has 4 aliphatic rings. The van der Waals surface area contributed by atoms with E-state index in [1.54, 1.807) is 0 Å². The third-order valence-corrected chi connectivity index (χ3v) is 5.84. The molecule has 19 heavy (non-hydrogen) atoms. The van der Waals surface area contributed by atoms with Crippen LogP contribution in [-0.2, 0) is 0 Å². The molecule has 2 unspecified atom stereocenters. The van der Waals surface area contributed by atoms with Crippen LogP contribution in [0.5, 0.6) is 0 Å². The van der Waals surface area contributed by atoms with Crippen molar-refractivity contribution in [1.29, 1.82) is 5.26 Å². The molecule has 0 amide bonds. The molecule has 2 nitrogen and oxygen atoms in total. The van der Waals surface area contributed by atoms with Crippen molar-refractivity contribution in [3.8, 4) is 6.07 Å². The summed E-state index contributed by atoms with van der Waals surface area (Å²) in [6.07, 6.45) is 11.5. The van der Waals surface area contributed by atoms with Crippen LogP contribution in [0.1, 0.15) is 71.6 Å². The third kappa shape index (κ3) is 2.55. The molecule has 4 fully saturated rings. The second kappa shape index (κ2) is 4.48. The molecule has 4 aliphatic carbocycles. The average Bonchev–Trinajstić information content (AvgIpc) is 2.23. The number of hydrogen-bond donors (Lipinski definition) is 1. The Balaban J connectivity index is 1.63. The summed E-state index contributed by atoms with van der Waals surface area (Å²) in [7, 11) is 0. The Labute approximate surface area is 118 Å². The predicted octanol–water partition coefficient (Wildman–Crippen LogP) is 4.02. The molecule has 4 rings (SSSR count). The molecule has 0 aliphatic heterocycles. The van der Waals surface area contributed by atoms with Crippen LogP contribution in [0.3, 0.4) is 0 Å². The van der Waals surface area contributed by atoms with Gasteiger partial charge >= 0.3 is 0 Å². The van der Waals surface area contributed by atoms with E-state index in [1.807, 2.05) is 0 Å². The molecule has 0 aromatic rings. The van der Waals surface area contributed by atoms with E-state index in [2.05, 4.69) is 25.2 Å². The van der Waals surface area contributed by atoms with Gasteiger partial charge in [0.1, 0.15) is 0 Å².